The first kappa shape index (κ1) is 10.2. The van der Waals surface area contributed by atoms with E-state index in [0.717, 1.165) is 5.69 Å². The minimum absolute atomic E-state index is 0.101. The lowest BCUT2D eigenvalue weighted by molar-refractivity contribution is 0.566. The smallest absolute Gasteiger partial charge is 0.227 e. The van der Waals surface area contributed by atoms with Crippen LogP contribution in [-0.4, -0.2) is 23.7 Å². The highest BCUT2D eigenvalue weighted by Crippen LogP contribution is 2.11. The van der Waals surface area contributed by atoms with Gasteiger partial charge in [0.15, 0.2) is 0 Å². The van der Waals surface area contributed by atoms with Crippen LogP contribution in [0.4, 0.5) is 0 Å². The lowest BCUT2D eigenvalue weighted by atomic mass is 10.5. The highest BCUT2D eigenvalue weighted by molar-refractivity contribution is 7.91. The summed E-state index contributed by atoms with van der Waals surface area (Å²) in [6.45, 7) is 6.02. The second-order valence-electron chi connectivity index (χ2n) is 2.83. The molecule has 0 spiro atoms. The van der Waals surface area contributed by atoms with Gasteiger partial charge in [-0.05, 0) is 13.8 Å². The minimum atomic E-state index is -3.17. The maximum Gasteiger partial charge on any atom is 0.227 e. The number of aryl methyl sites for hydroxylation is 1. The molecule has 0 unspecified atom stereocenters. The molecule has 0 saturated carbocycles. The molecule has 0 amide bonds. The number of nitrogens with zero attached hydrogens (tertiary/aromatic N) is 2. The number of sulfone groups is 1. The zero-order chi connectivity index (χ0) is 10.1. The summed E-state index contributed by atoms with van der Waals surface area (Å²) in [5.41, 5.74) is 0.884. The quantitative estimate of drug-likeness (QED) is 0.735. The van der Waals surface area contributed by atoms with Crippen molar-refractivity contribution in [2.45, 2.75) is 32.5 Å². The van der Waals surface area contributed by atoms with E-state index in [4.69, 9.17) is 0 Å². The Morgan fingerprint density at radius 3 is 2.54 bits per heavy atom. The van der Waals surface area contributed by atoms with Gasteiger partial charge in [0, 0.05) is 18.4 Å². The Morgan fingerprint density at radius 1 is 1.46 bits per heavy atom. The Bertz CT molecular complexity index is 392. The SMILES string of the molecule is CCn1c(C)cnc1S(=O)(=O)CC. The summed E-state index contributed by atoms with van der Waals surface area (Å²) in [6, 6.07) is 0. The summed E-state index contributed by atoms with van der Waals surface area (Å²) in [6.07, 6.45) is 1.59. The van der Waals surface area contributed by atoms with Crippen LogP contribution in [0.15, 0.2) is 11.4 Å². The van der Waals surface area contributed by atoms with Crippen LogP contribution in [0.25, 0.3) is 0 Å². The van der Waals surface area contributed by atoms with Crippen LogP contribution in [0.5, 0.6) is 0 Å². The van der Waals surface area contributed by atoms with Crippen molar-refractivity contribution in [2.75, 3.05) is 5.75 Å². The van der Waals surface area contributed by atoms with E-state index in [-0.39, 0.29) is 10.9 Å². The van der Waals surface area contributed by atoms with Gasteiger partial charge < -0.3 is 4.57 Å². The van der Waals surface area contributed by atoms with Crippen molar-refractivity contribution in [1.82, 2.24) is 9.55 Å². The second-order valence-corrected chi connectivity index (χ2v) is 5.00. The average Bonchev–Trinajstić information content (AvgIpc) is 2.47. The molecule has 4 nitrogen and oxygen atoms in total. The fourth-order valence-electron chi connectivity index (χ4n) is 1.20. The molecule has 5 heteroatoms. The molecule has 0 fully saturated rings. The third-order valence-corrected chi connectivity index (χ3v) is 3.64. The standard InChI is InChI=1S/C8H14N2O2S/c1-4-10-7(3)6-9-8(10)13(11,12)5-2/h6H,4-5H2,1-3H3. The van der Waals surface area contributed by atoms with Crippen molar-refractivity contribution in [3.63, 3.8) is 0 Å². The Labute approximate surface area is 78.5 Å². The van der Waals surface area contributed by atoms with Crippen LogP contribution in [-0.2, 0) is 16.4 Å². The highest BCUT2D eigenvalue weighted by atomic mass is 32.2. The Hall–Kier alpha value is -0.840. The molecule has 0 aliphatic rings. The molecule has 1 aromatic heterocycles. The van der Waals surface area contributed by atoms with E-state index in [1.807, 2.05) is 13.8 Å². The molecule has 0 aliphatic heterocycles. The summed E-state index contributed by atoms with van der Waals surface area (Å²) in [7, 11) is -3.17. The van der Waals surface area contributed by atoms with Gasteiger partial charge in [-0.2, -0.15) is 0 Å². The van der Waals surface area contributed by atoms with Gasteiger partial charge in [-0.3, -0.25) is 0 Å². The van der Waals surface area contributed by atoms with Crippen molar-refractivity contribution in [2.24, 2.45) is 0 Å². The molecule has 0 aliphatic carbocycles. The summed E-state index contributed by atoms with van der Waals surface area (Å²) in [4.78, 5) is 3.90. The third kappa shape index (κ3) is 1.75. The first-order valence-electron chi connectivity index (χ1n) is 4.27. The molecule has 1 aromatic rings. The van der Waals surface area contributed by atoms with Gasteiger partial charge >= 0.3 is 0 Å². The summed E-state index contributed by atoms with van der Waals surface area (Å²) in [5, 5.41) is 0.190. The fourth-order valence-corrected chi connectivity index (χ4v) is 2.28. The Kier molecular flexibility index (Phi) is 2.75. The number of imidazole rings is 1. The van der Waals surface area contributed by atoms with Gasteiger partial charge in [0.05, 0.1) is 5.75 Å². The molecule has 0 atom stereocenters. The lowest BCUT2D eigenvalue weighted by Gasteiger charge is -2.05. The first-order chi connectivity index (χ1) is 6.03. The van der Waals surface area contributed by atoms with Crippen LogP contribution in [0.3, 0.4) is 0 Å². The Morgan fingerprint density at radius 2 is 2.08 bits per heavy atom. The predicted molar refractivity (Wildman–Crippen MR) is 50.4 cm³/mol. The fraction of sp³-hybridized carbons (Fsp3) is 0.625. The van der Waals surface area contributed by atoms with E-state index in [1.165, 1.54) is 0 Å². The van der Waals surface area contributed by atoms with Crippen LogP contribution >= 0.6 is 0 Å². The average molecular weight is 202 g/mol. The predicted octanol–water partition coefficient (Wildman–Crippen LogP) is 1.01. The van der Waals surface area contributed by atoms with E-state index in [2.05, 4.69) is 4.98 Å². The van der Waals surface area contributed by atoms with Crippen molar-refractivity contribution in [3.8, 4) is 0 Å². The van der Waals surface area contributed by atoms with Crippen LogP contribution < -0.4 is 0 Å². The van der Waals surface area contributed by atoms with Gasteiger partial charge in [0.1, 0.15) is 0 Å². The summed E-state index contributed by atoms with van der Waals surface area (Å²) < 4.78 is 24.7. The number of rotatable bonds is 3. The lowest BCUT2D eigenvalue weighted by Crippen LogP contribution is -2.12. The van der Waals surface area contributed by atoms with Crippen molar-refractivity contribution >= 4 is 9.84 Å². The molecule has 0 radical (unpaired) electrons. The van der Waals surface area contributed by atoms with Crippen LogP contribution in [0.2, 0.25) is 0 Å². The molecule has 1 heterocycles. The van der Waals surface area contributed by atoms with Gasteiger partial charge in [0.2, 0.25) is 15.0 Å². The van der Waals surface area contributed by atoms with E-state index in [0.29, 0.717) is 6.54 Å². The van der Waals surface area contributed by atoms with E-state index in [1.54, 1.807) is 17.7 Å². The molecule has 0 bridgehead atoms. The number of aromatic nitrogens is 2. The van der Waals surface area contributed by atoms with E-state index in [9.17, 15) is 8.42 Å². The van der Waals surface area contributed by atoms with Crippen molar-refractivity contribution in [1.29, 1.82) is 0 Å². The first-order valence-corrected chi connectivity index (χ1v) is 5.93. The van der Waals surface area contributed by atoms with Gasteiger partial charge in [-0.15, -0.1) is 0 Å². The zero-order valence-electron chi connectivity index (χ0n) is 8.11. The monoisotopic (exact) mass is 202 g/mol. The second kappa shape index (κ2) is 3.49. The van der Waals surface area contributed by atoms with Gasteiger partial charge in [0.25, 0.3) is 0 Å². The maximum absolute atomic E-state index is 11.5. The van der Waals surface area contributed by atoms with Gasteiger partial charge in [-0.1, -0.05) is 6.92 Å². The van der Waals surface area contributed by atoms with E-state index < -0.39 is 9.84 Å². The van der Waals surface area contributed by atoms with Crippen LogP contribution in [0.1, 0.15) is 19.5 Å². The molecule has 13 heavy (non-hydrogen) atoms. The third-order valence-electron chi connectivity index (χ3n) is 1.99. The molecule has 74 valence electrons. The topological polar surface area (TPSA) is 52.0 Å². The molecular weight excluding hydrogens is 188 g/mol. The number of hydrogen-bond donors (Lipinski definition) is 0. The summed E-state index contributed by atoms with van der Waals surface area (Å²) >= 11 is 0. The normalized spacial score (nSPS) is 11.9. The van der Waals surface area contributed by atoms with Crippen LogP contribution in [0, 0.1) is 6.92 Å². The van der Waals surface area contributed by atoms with Crippen molar-refractivity contribution < 1.29 is 8.42 Å². The Balaban J connectivity index is 3.31. The minimum Gasteiger partial charge on any atom is -0.320 e. The number of hydrogen-bond acceptors (Lipinski definition) is 3. The molecule has 0 saturated heterocycles. The molecule has 1 rings (SSSR count). The molecular formula is C8H14N2O2S. The van der Waals surface area contributed by atoms with Gasteiger partial charge in [-0.25, -0.2) is 13.4 Å². The highest BCUT2D eigenvalue weighted by Gasteiger charge is 2.18. The summed E-state index contributed by atoms with van der Waals surface area (Å²) in [5.74, 6) is 0.101. The van der Waals surface area contributed by atoms with E-state index >= 15 is 0 Å². The molecule has 0 N–H and O–H groups in total. The maximum atomic E-state index is 11.5. The molecule has 0 aromatic carbocycles. The van der Waals surface area contributed by atoms with Crippen molar-refractivity contribution in [3.05, 3.63) is 11.9 Å². The zero-order valence-corrected chi connectivity index (χ0v) is 8.93. The largest absolute Gasteiger partial charge is 0.320 e.